The third kappa shape index (κ3) is 2.83. The van der Waals surface area contributed by atoms with Gasteiger partial charge in [0.1, 0.15) is 6.33 Å². The molecule has 0 bridgehead atoms. The van der Waals surface area contributed by atoms with Gasteiger partial charge in [-0.25, -0.2) is 9.97 Å². The summed E-state index contributed by atoms with van der Waals surface area (Å²) < 4.78 is 0.966. The topological polar surface area (TPSA) is 37.8 Å². The number of aromatic nitrogens is 2. The van der Waals surface area contributed by atoms with Crippen LogP contribution in [0.25, 0.3) is 0 Å². The standard InChI is InChI=1S/C12H11BrClN3/c1-15-12(8-5-16-7-17-6-8)10-3-2-9(14)4-11(10)13/h2-7,12,15H,1H3. The quantitative estimate of drug-likeness (QED) is 0.946. The fraction of sp³-hybridized carbons (Fsp3) is 0.167. The van der Waals surface area contributed by atoms with Crippen LogP contribution < -0.4 is 5.32 Å². The van der Waals surface area contributed by atoms with Crippen molar-refractivity contribution in [2.45, 2.75) is 6.04 Å². The third-order valence-electron chi connectivity index (χ3n) is 2.48. The van der Waals surface area contributed by atoms with Crippen LogP contribution in [0.4, 0.5) is 0 Å². The second-order valence-corrected chi connectivity index (χ2v) is 4.85. The van der Waals surface area contributed by atoms with E-state index in [-0.39, 0.29) is 6.04 Å². The van der Waals surface area contributed by atoms with Gasteiger partial charge in [-0.1, -0.05) is 33.6 Å². The largest absolute Gasteiger partial charge is 0.309 e. The molecular formula is C12H11BrClN3. The van der Waals surface area contributed by atoms with E-state index in [1.54, 1.807) is 12.4 Å². The van der Waals surface area contributed by atoms with Gasteiger partial charge in [-0.05, 0) is 24.7 Å². The van der Waals surface area contributed by atoms with Crippen LogP contribution >= 0.6 is 27.5 Å². The molecule has 0 amide bonds. The Hall–Kier alpha value is -0.970. The summed E-state index contributed by atoms with van der Waals surface area (Å²) >= 11 is 9.46. The molecule has 1 heterocycles. The van der Waals surface area contributed by atoms with Gasteiger partial charge in [-0.15, -0.1) is 0 Å². The molecule has 1 unspecified atom stereocenters. The maximum absolute atomic E-state index is 5.94. The lowest BCUT2D eigenvalue weighted by atomic mass is 10.0. The number of hydrogen-bond acceptors (Lipinski definition) is 3. The Morgan fingerprint density at radius 3 is 2.59 bits per heavy atom. The summed E-state index contributed by atoms with van der Waals surface area (Å²) in [7, 11) is 1.90. The Morgan fingerprint density at radius 1 is 1.29 bits per heavy atom. The third-order valence-corrected chi connectivity index (χ3v) is 3.40. The van der Waals surface area contributed by atoms with E-state index in [1.165, 1.54) is 6.33 Å². The summed E-state index contributed by atoms with van der Waals surface area (Å²) in [4.78, 5) is 8.07. The Labute approximate surface area is 113 Å². The number of rotatable bonds is 3. The smallest absolute Gasteiger partial charge is 0.115 e. The number of nitrogens with zero attached hydrogens (tertiary/aromatic N) is 2. The molecule has 0 radical (unpaired) electrons. The van der Waals surface area contributed by atoms with Crippen LogP contribution in [0.1, 0.15) is 17.2 Å². The first-order chi connectivity index (χ1) is 8.22. The van der Waals surface area contributed by atoms with Crippen LogP contribution in [-0.2, 0) is 0 Å². The summed E-state index contributed by atoms with van der Waals surface area (Å²) in [6.45, 7) is 0. The number of halogens is 2. The van der Waals surface area contributed by atoms with Crippen LogP contribution in [-0.4, -0.2) is 17.0 Å². The molecule has 0 aliphatic carbocycles. The Kier molecular flexibility index (Phi) is 4.10. The Balaban J connectivity index is 2.42. The van der Waals surface area contributed by atoms with Crippen molar-refractivity contribution in [3.8, 4) is 0 Å². The van der Waals surface area contributed by atoms with Gasteiger partial charge in [0.05, 0.1) is 6.04 Å². The van der Waals surface area contributed by atoms with E-state index in [4.69, 9.17) is 11.6 Å². The van der Waals surface area contributed by atoms with Crippen molar-refractivity contribution >= 4 is 27.5 Å². The molecule has 0 aliphatic rings. The van der Waals surface area contributed by atoms with Gasteiger partial charge in [-0.3, -0.25) is 0 Å². The Bertz CT molecular complexity index is 504. The normalized spacial score (nSPS) is 12.4. The molecule has 1 atom stereocenters. The van der Waals surface area contributed by atoms with E-state index < -0.39 is 0 Å². The van der Waals surface area contributed by atoms with Crippen LogP contribution in [0.2, 0.25) is 5.02 Å². The second kappa shape index (κ2) is 5.58. The van der Waals surface area contributed by atoms with Gasteiger partial charge in [0.25, 0.3) is 0 Å². The first-order valence-corrected chi connectivity index (χ1v) is 6.26. The van der Waals surface area contributed by atoms with E-state index in [1.807, 2.05) is 25.2 Å². The summed E-state index contributed by atoms with van der Waals surface area (Å²) in [5.74, 6) is 0. The van der Waals surface area contributed by atoms with Crippen LogP contribution in [0.3, 0.4) is 0 Å². The van der Waals surface area contributed by atoms with E-state index in [0.717, 1.165) is 15.6 Å². The van der Waals surface area contributed by atoms with Gasteiger partial charge >= 0.3 is 0 Å². The minimum Gasteiger partial charge on any atom is -0.309 e. The molecule has 1 N–H and O–H groups in total. The van der Waals surface area contributed by atoms with Crippen molar-refractivity contribution in [3.63, 3.8) is 0 Å². The van der Waals surface area contributed by atoms with Gasteiger partial charge < -0.3 is 5.32 Å². The first-order valence-electron chi connectivity index (χ1n) is 5.09. The van der Waals surface area contributed by atoms with Gasteiger partial charge in [0.2, 0.25) is 0 Å². The molecule has 2 aromatic rings. The molecule has 1 aromatic heterocycles. The average Bonchev–Trinajstić information content (AvgIpc) is 2.34. The highest BCUT2D eigenvalue weighted by Gasteiger charge is 2.15. The molecule has 1 aromatic carbocycles. The minimum absolute atomic E-state index is 0.0443. The summed E-state index contributed by atoms with van der Waals surface area (Å²) in [6.07, 6.45) is 5.12. The maximum atomic E-state index is 5.94. The van der Waals surface area contributed by atoms with Gasteiger partial charge in [-0.2, -0.15) is 0 Å². The molecule has 88 valence electrons. The Morgan fingerprint density at radius 2 is 2.00 bits per heavy atom. The molecule has 5 heteroatoms. The zero-order valence-electron chi connectivity index (χ0n) is 9.19. The lowest BCUT2D eigenvalue weighted by Crippen LogP contribution is -2.18. The molecular weight excluding hydrogens is 302 g/mol. The SMILES string of the molecule is CNC(c1cncnc1)c1ccc(Cl)cc1Br. The number of benzene rings is 1. The molecule has 0 spiro atoms. The number of nitrogens with one attached hydrogen (secondary N) is 1. The summed E-state index contributed by atoms with van der Waals surface area (Å²) in [5, 5.41) is 3.95. The second-order valence-electron chi connectivity index (χ2n) is 3.56. The lowest BCUT2D eigenvalue weighted by molar-refractivity contribution is 0.682. The predicted octanol–water partition coefficient (Wildman–Crippen LogP) is 3.20. The van der Waals surface area contributed by atoms with E-state index in [9.17, 15) is 0 Å². The zero-order chi connectivity index (χ0) is 12.3. The fourth-order valence-corrected chi connectivity index (χ4v) is 2.61. The summed E-state index contributed by atoms with van der Waals surface area (Å²) in [5.41, 5.74) is 2.12. The van der Waals surface area contributed by atoms with Gasteiger partial charge in [0, 0.05) is 27.5 Å². The minimum atomic E-state index is 0.0443. The number of hydrogen-bond donors (Lipinski definition) is 1. The molecule has 3 nitrogen and oxygen atoms in total. The van der Waals surface area contributed by atoms with Crippen molar-refractivity contribution in [2.75, 3.05) is 7.05 Å². The monoisotopic (exact) mass is 311 g/mol. The van der Waals surface area contributed by atoms with Crippen molar-refractivity contribution in [1.29, 1.82) is 0 Å². The molecule has 17 heavy (non-hydrogen) atoms. The van der Waals surface area contributed by atoms with Gasteiger partial charge in [0.15, 0.2) is 0 Å². The van der Waals surface area contributed by atoms with Crippen molar-refractivity contribution in [2.24, 2.45) is 0 Å². The van der Waals surface area contributed by atoms with E-state index >= 15 is 0 Å². The first kappa shape index (κ1) is 12.5. The molecule has 0 saturated heterocycles. The van der Waals surface area contributed by atoms with Crippen LogP contribution in [0.5, 0.6) is 0 Å². The maximum Gasteiger partial charge on any atom is 0.115 e. The molecule has 0 saturated carbocycles. The predicted molar refractivity (Wildman–Crippen MR) is 72.1 cm³/mol. The molecule has 0 fully saturated rings. The lowest BCUT2D eigenvalue weighted by Gasteiger charge is -2.18. The van der Waals surface area contributed by atoms with Crippen molar-refractivity contribution in [1.82, 2.24) is 15.3 Å². The highest BCUT2D eigenvalue weighted by molar-refractivity contribution is 9.10. The van der Waals surface area contributed by atoms with Crippen molar-refractivity contribution in [3.05, 3.63) is 57.5 Å². The fourth-order valence-electron chi connectivity index (χ4n) is 1.70. The zero-order valence-corrected chi connectivity index (χ0v) is 11.5. The molecule has 0 aliphatic heterocycles. The summed E-state index contributed by atoms with van der Waals surface area (Å²) in [6, 6.07) is 5.78. The van der Waals surface area contributed by atoms with Crippen LogP contribution in [0, 0.1) is 0 Å². The van der Waals surface area contributed by atoms with Crippen LogP contribution in [0.15, 0.2) is 41.4 Å². The molecule has 2 rings (SSSR count). The highest BCUT2D eigenvalue weighted by atomic mass is 79.9. The van der Waals surface area contributed by atoms with E-state index in [2.05, 4.69) is 31.2 Å². The highest BCUT2D eigenvalue weighted by Crippen LogP contribution is 2.29. The van der Waals surface area contributed by atoms with E-state index in [0.29, 0.717) is 5.02 Å². The van der Waals surface area contributed by atoms with Crippen molar-refractivity contribution < 1.29 is 0 Å². The average molecular weight is 313 g/mol.